The number of piperazine rings is 1. The van der Waals surface area contributed by atoms with E-state index in [0.29, 0.717) is 0 Å². The molecule has 1 aliphatic rings. The van der Waals surface area contributed by atoms with Crippen LogP contribution in [0.3, 0.4) is 0 Å². The maximum atomic E-state index is 6.09. The van der Waals surface area contributed by atoms with Crippen molar-refractivity contribution >= 4 is 23.4 Å². The number of hydrogen-bond donors (Lipinski definition) is 0. The first-order valence-electron chi connectivity index (χ1n) is 8.29. The topological polar surface area (TPSA) is 15.7 Å². The maximum absolute atomic E-state index is 6.09. The Balaban J connectivity index is 1.51. The summed E-state index contributed by atoms with van der Waals surface area (Å²) in [5, 5.41) is 0.801. The molecule has 0 N–H and O–H groups in total. The van der Waals surface area contributed by atoms with E-state index < -0.39 is 0 Å². The van der Waals surface area contributed by atoms with Gasteiger partial charge in [0, 0.05) is 49.0 Å². The Kier molecular flexibility index (Phi) is 5.78. The first-order chi connectivity index (χ1) is 11.8. The lowest BCUT2D eigenvalue weighted by Gasteiger charge is -2.35. The van der Waals surface area contributed by atoms with E-state index in [4.69, 9.17) is 16.3 Å². The molecule has 3 nitrogen and oxygen atoms in total. The Bertz CT molecular complexity index is 694. The number of para-hydroxylation sites is 1. The zero-order chi connectivity index (χ0) is 16.8. The zero-order valence-corrected chi connectivity index (χ0v) is 14.7. The highest BCUT2D eigenvalue weighted by Gasteiger charge is 2.16. The standard InChI is InChI=1S/C20H23ClN2O/c1-24-20-10-3-2-6-17(20)7-5-11-22-12-14-23(15-13-22)19-9-4-8-18(21)16-19/h2-10,16H,11-15H2,1H3/b7-5+. The van der Waals surface area contributed by atoms with Gasteiger partial charge in [-0.25, -0.2) is 0 Å². The van der Waals surface area contributed by atoms with Crippen molar-refractivity contribution in [2.75, 3.05) is 44.7 Å². The summed E-state index contributed by atoms with van der Waals surface area (Å²) < 4.78 is 5.38. The second-order valence-corrected chi connectivity index (χ2v) is 6.35. The fourth-order valence-corrected chi connectivity index (χ4v) is 3.18. The van der Waals surface area contributed by atoms with Gasteiger partial charge in [0.25, 0.3) is 0 Å². The van der Waals surface area contributed by atoms with Crippen molar-refractivity contribution in [1.82, 2.24) is 4.90 Å². The fraction of sp³-hybridized carbons (Fsp3) is 0.300. The molecule has 0 spiro atoms. The summed E-state index contributed by atoms with van der Waals surface area (Å²) in [7, 11) is 1.71. The van der Waals surface area contributed by atoms with E-state index in [0.717, 1.165) is 49.1 Å². The molecule has 2 aromatic carbocycles. The summed E-state index contributed by atoms with van der Waals surface area (Å²) in [5.41, 5.74) is 2.34. The summed E-state index contributed by atoms with van der Waals surface area (Å²) in [6.07, 6.45) is 4.36. The van der Waals surface area contributed by atoms with E-state index in [-0.39, 0.29) is 0 Å². The Labute approximate surface area is 149 Å². The Hall–Kier alpha value is -1.97. The van der Waals surface area contributed by atoms with Crippen LogP contribution in [0, 0.1) is 0 Å². The number of benzene rings is 2. The Morgan fingerprint density at radius 1 is 1.04 bits per heavy atom. The highest BCUT2D eigenvalue weighted by Crippen LogP contribution is 2.21. The van der Waals surface area contributed by atoms with Gasteiger partial charge in [0.15, 0.2) is 0 Å². The van der Waals surface area contributed by atoms with E-state index in [1.54, 1.807) is 7.11 Å². The van der Waals surface area contributed by atoms with Crippen LogP contribution in [0.15, 0.2) is 54.6 Å². The molecule has 1 saturated heterocycles. The molecular weight excluding hydrogens is 320 g/mol. The molecular formula is C20H23ClN2O. The molecule has 0 aliphatic carbocycles. The van der Waals surface area contributed by atoms with Crippen molar-refractivity contribution in [2.24, 2.45) is 0 Å². The molecule has 0 radical (unpaired) electrons. The van der Waals surface area contributed by atoms with Gasteiger partial charge >= 0.3 is 0 Å². The highest BCUT2D eigenvalue weighted by molar-refractivity contribution is 6.30. The van der Waals surface area contributed by atoms with Crippen LogP contribution < -0.4 is 9.64 Å². The van der Waals surface area contributed by atoms with Crippen molar-refractivity contribution in [3.8, 4) is 5.75 Å². The van der Waals surface area contributed by atoms with Crippen LogP contribution >= 0.6 is 11.6 Å². The number of rotatable bonds is 5. The van der Waals surface area contributed by atoms with Gasteiger partial charge in [-0.3, -0.25) is 4.90 Å². The Morgan fingerprint density at radius 2 is 1.83 bits per heavy atom. The van der Waals surface area contributed by atoms with E-state index in [9.17, 15) is 0 Å². The number of ether oxygens (including phenoxy) is 1. The van der Waals surface area contributed by atoms with Crippen molar-refractivity contribution in [3.63, 3.8) is 0 Å². The number of nitrogens with zero attached hydrogens (tertiary/aromatic N) is 2. The molecule has 0 aromatic heterocycles. The third-order valence-corrected chi connectivity index (χ3v) is 4.58. The summed E-state index contributed by atoms with van der Waals surface area (Å²) in [6.45, 7) is 5.14. The average molecular weight is 343 g/mol. The van der Waals surface area contributed by atoms with Crippen LogP contribution in [0.4, 0.5) is 5.69 Å². The van der Waals surface area contributed by atoms with Crippen molar-refractivity contribution in [3.05, 3.63) is 65.2 Å². The SMILES string of the molecule is COc1ccccc1/C=C/CN1CCN(c2cccc(Cl)c2)CC1. The van der Waals surface area contributed by atoms with Gasteiger partial charge in [0.05, 0.1) is 7.11 Å². The minimum Gasteiger partial charge on any atom is -0.496 e. The number of hydrogen-bond acceptors (Lipinski definition) is 3. The van der Waals surface area contributed by atoms with Gasteiger partial charge in [-0.15, -0.1) is 0 Å². The van der Waals surface area contributed by atoms with Gasteiger partial charge < -0.3 is 9.64 Å². The molecule has 24 heavy (non-hydrogen) atoms. The van der Waals surface area contributed by atoms with E-state index in [1.807, 2.05) is 36.4 Å². The number of anilines is 1. The summed E-state index contributed by atoms with van der Waals surface area (Å²) in [5.74, 6) is 0.916. The smallest absolute Gasteiger partial charge is 0.126 e. The van der Waals surface area contributed by atoms with E-state index >= 15 is 0 Å². The van der Waals surface area contributed by atoms with Gasteiger partial charge in [-0.05, 0) is 24.3 Å². The van der Waals surface area contributed by atoms with Crippen LogP contribution in [0.5, 0.6) is 5.75 Å². The molecule has 2 aromatic rings. The monoisotopic (exact) mass is 342 g/mol. The lowest BCUT2D eigenvalue weighted by atomic mass is 10.2. The molecule has 1 fully saturated rings. The summed E-state index contributed by atoms with van der Waals surface area (Å²) >= 11 is 6.09. The quantitative estimate of drug-likeness (QED) is 0.810. The first kappa shape index (κ1) is 16.9. The van der Waals surface area contributed by atoms with E-state index in [2.05, 4.69) is 34.1 Å². The van der Waals surface area contributed by atoms with Crippen LogP contribution in [-0.4, -0.2) is 44.7 Å². The lowest BCUT2D eigenvalue weighted by molar-refractivity contribution is 0.284. The van der Waals surface area contributed by atoms with E-state index in [1.165, 1.54) is 5.69 Å². The minimum absolute atomic E-state index is 0.801. The Morgan fingerprint density at radius 3 is 2.58 bits per heavy atom. The third-order valence-electron chi connectivity index (χ3n) is 4.35. The molecule has 0 atom stereocenters. The number of methoxy groups -OCH3 is 1. The van der Waals surface area contributed by atoms with Crippen molar-refractivity contribution in [2.45, 2.75) is 0 Å². The summed E-state index contributed by atoms with van der Waals surface area (Å²) in [6, 6.07) is 16.2. The van der Waals surface area contributed by atoms with Crippen molar-refractivity contribution in [1.29, 1.82) is 0 Å². The minimum atomic E-state index is 0.801. The first-order valence-corrected chi connectivity index (χ1v) is 8.66. The van der Waals surface area contributed by atoms with Crippen molar-refractivity contribution < 1.29 is 4.74 Å². The molecule has 0 unspecified atom stereocenters. The molecule has 126 valence electrons. The fourth-order valence-electron chi connectivity index (χ4n) is 2.99. The molecule has 1 heterocycles. The molecule has 0 bridgehead atoms. The number of halogens is 1. The highest BCUT2D eigenvalue weighted by atomic mass is 35.5. The van der Waals surface area contributed by atoms with Crippen LogP contribution in [0.2, 0.25) is 5.02 Å². The normalized spacial score (nSPS) is 15.8. The maximum Gasteiger partial charge on any atom is 0.126 e. The van der Waals surface area contributed by atoms with Crippen LogP contribution in [0.1, 0.15) is 5.56 Å². The van der Waals surface area contributed by atoms with Gasteiger partial charge in [-0.1, -0.05) is 48.0 Å². The second-order valence-electron chi connectivity index (χ2n) is 5.91. The molecule has 0 saturated carbocycles. The predicted octanol–water partition coefficient (Wildman–Crippen LogP) is 4.18. The van der Waals surface area contributed by atoms with Crippen LogP contribution in [-0.2, 0) is 0 Å². The third kappa shape index (κ3) is 4.31. The van der Waals surface area contributed by atoms with Gasteiger partial charge in [0.2, 0.25) is 0 Å². The molecule has 1 aliphatic heterocycles. The summed E-state index contributed by atoms with van der Waals surface area (Å²) in [4.78, 5) is 4.86. The molecule has 3 rings (SSSR count). The zero-order valence-electron chi connectivity index (χ0n) is 14.0. The lowest BCUT2D eigenvalue weighted by Crippen LogP contribution is -2.46. The van der Waals surface area contributed by atoms with Gasteiger partial charge in [-0.2, -0.15) is 0 Å². The second kappa shape index (κ2) is 8.22. The largest absolute Gasteiger partial charge is 0.496 e. The molecule has 0 amide bonds. The predicted molar refractivity (Wildman–Crippen MR) is 102 cm³/mol. The average Bonchev–Trinajstić information content (AvgIpc) is 2.63. The van der Waals surface area contributed by atoms with Crippen LogP contribution in [0.25, 0.3) is 6.08 Å². The van der Waals surface area contributed by atoms with Gasteiger partial charge in [0.1, 0.15) is 5.75 Å². The molecule has 4 heteroatoms.